The number of carbonyl (C=O) groups is 1. The maximum atomic E-state index is 11.1. The SMILES string of the molecule is CNC(=O)CCCc1nc(-c2ccccc2OC)no1. The number of nitrogens with one attached hydrogen (secondary N) is 1. The van der Waals surface area contributed by atoms with Crippen LogP contribution in [0, 0.1) is 0 Å². The monoisotopic (exact) mass is 275 g/mol. The number of carbonyl (C=O) groups excluding carboxylic acids is 1. The summed E-state index contributed by atoms with van der Waals surface area (Å²) in [5.41, 5.74) is 0.788. The van der Waals surface area contributed by atoms with Gasteiger partial charge in [-0.3, -0.25) is 4.79 Å². The minimum atomic E-state index is 0.00877. The lowest BCUT2D eigenvalue weighted by Crippen LogP contribution is -2.17. The fourth-order valence-electron chi connectivity index (χ4n) is 1.82. The van der Waals surface area contributed by atoms with Gasteiger partial charge in [-0.15, -0.1) is 0 Å². The van der Waals surface area contributed by atoms with E-state index in [2.05, 4.69) is 15.5 Å². The van der Waals surface area contributed by atoms with Gasteiger partial charge in [-0.05, 0) is 18.6 Å². The molecule has 1 amide bonds. The second-order valence-corrected chi connectivity index (χ2v) is 4.24. The zero-order chi connectivity index (χ0) is 14.4. The molecule has 1 N–H and O–H groups in total. The van der Waals surface area contributed by atoms with Crippen LogP contribution in [0.2, 0.25) is 0 Å². The molecule has 0 unspecified atom stereocenters. The van der Waals surface area contributed by atoms with Gasteiger partial charge in [0.25, 0.3) is 0 Å². The van der Waals surface area contributed by atoms with Crippen molar-refractivity contribution in [2.45, 2.75) is 19.3 Å². The van der Waals surface area contributed by atoms with Gasteiger partial charge in [-0.25, -0.2) is 0 Å². The summed E-state index contributed by atoms with van der Waals surface area (Å²) in [6, 6.07) is 7.49. The summed E-state index contributed by atoms with van der Waals surface area (Å²) in [4.78, 5) is 15.4. The van der Waals surface area contributed by atoms with E-state index >= 15 is 0 Å². The van der Waals surface area contributed by atoms with Gasteiger partial charge in [0.1, 0.15) is 5.75 Å². The molecule has 0 aliphatic carbocycles. The number of methoxy groups -OCH3 is 1. The molecule has 0 bridgehead atoms. The standard InChI is InChI=1S/C14H17N3O3/c1-15-12(18)8-5-9-13-16-14(17-20-13)10-6-3-4-7-11(10)19-2/h3-4,6-7H,5,8-9H2,1-2H3,(H,15,18). The molecule has 2 aromatic rings. The Labute approximate surface area is 117 Å². The summed E-state index contributed by atoms with van der Waals surface area (Å²) < 4.78 is 10.4. The van der Waals surface area contributed by atoms with Crippen molar-refractivity contribution >= 4 is 5.91 Å². The van der Waals surface area contributed by atoms with Crippen LogP contribution >= 0.6 is 0 Å². The van der Waals surface area contributed by atoms with Crippen molar-refractivity contribution in [1.29, 1.82) is 0 Å². The van der Waals surface area contributed by atoms with E-state index in [1.165, 1.54) is 0 Å². The average molecular weight is 275 g/mol. The van der Waals surface area contributed by atoms with Crippen LogP contribution in [0.3, 0.4) is 0 Å². The third-order valence-electron chi connectivity index (χ3n) is 2.89. The van der Waals surface area contributed by atoms with Gasteiger partial charge in [-0.1, -0.05) is 17.3 Å². The third-order valence-corrected chi connectivity index (χ3v) is 2.89. The van der Waals surface area contributed by atoms with E-state index in [4.69, 9.17) is 9.26 Å². The molecule has 0 atom stereocenters. The molecule has 0 aliphatic heterocycles. The minimum Gasteiger partial charge on any atom is -0.496 e. The van der Waals surface area contributed by atoms with Crippen LogP contribution in [0.25, 0.3) is 11.4 Å². The lowest BCUT2D eigenvalue weighted by atomic mass is 10.2. The second-order valence-electron chi connectivity index (χ2n) is 4.24. The van der Waals surface area contributed by atoms with E-state index in [0.29, 0.717) is 36.7 Å². The number of rotatable bonds is 6. The zero-order valence-corrected chi connectivity index (χ0v) is 11.5. The summed E-state index contributed by atoms with van der Waals surface area (Å²) in [6.45, 7) is 0. The predicted molar refractivity (Wildman–Crippen MR) is 73.3 cm³/mol. The van der Waals surface area contributed by atoms with E-state index in [-0.39, 0.29) is 5.91 Å². The molecule has 106 valence electrons. The van der Waals surface area contributed by atoms with Crippen molar-refractivity contribution in [2.24, 2.45) is 0 Å². The largest absolute Gasteiger partial charge is 0.496 e. The van der Waals surface area contributed by atoms with Crippen LogP contribution in [-0.4, -0.2) is 30.2 Å². The normalized spacial score (nSPS) is 10.3. The molecular weight excluding hydrogens is 258 g/mol. The number of aromatic nitrogens is 2. The fraction of sp³-hybridized carbons (Fsp3) is 0.357. The Hall–Kier alpha value is -2.37. The van der Waals surface area contributed by atoms with Crippen LogP contribution in [-0.2, 0) is 11.2 Å². The van der Waals surface area contributed by atoms with Gasteiger partial charge in [0.05, 0.1) is 12.7 Å². The first-order valence-electron chi connectivity index (χ1n) is 6.41. The van der Waals surface area contributed by atoms with Gasteiger partial charge in [0.15, 0.2) is 0 Å². The summed E-state index contributed by atoms with van der Waals surface area (Å²) >= 11 is 0. The van der Waals surface area contributed by atoms with Crippen molar-refractivity contribution in [3.8, 4) is 17.1 Å². The number of aryl methyl sites for hydroxylation is 1. The zero-order valence-electron chi connectivity index (χ0n) is 11.5. The quantitative estimate of drug-likeness (QED) is 0.870. The molecule has 2 rings (SSSR count). The topological polar surface area (TPSA) is 77.2 Å². The van der Waals surface area contributed by atoms with E-state index in [9.17, 15) is 4.79 Å². The molecule has 0 radical (unpaired) electrons. The smallest absolute Gasteiger partial charge is 0.226 e. The molecule has 1 aromatic heterocycles. The number of nitrogens with zero attached hydrogens (tertiary/aromatic N) is 2. The van der Waals surface area contributed by atoms with Crippen molar-refractivity contribution in [3.63, 3.8) is 0 Å². The molecule has 1 aromatic carbocycles. The van der Waals surface area contributed by atoms with E-state index < -0.39 is 0 Å². The second kappa shape index (κ2) is 6.70. The van der Waals surface area contributed by atoms with Gasteiger partial charge < -0.3 is 14.6 Å². The van der Waals surface area contributed by atoms with Crippen LogP contribution < -0.4 is 10.1 Å². The molecule has 6 nitrogen and oxygen atoms in total. The fourth-order valence-corrected chi connectivity index (χ4v) is 1.82. The molecule has 0 saturated carbocycles. The summed E-state index contributed by atoms with van der Waals surface area (Å²) in [6.07, 6.45) is 1.70. The number of ether oxygens (including phenoxy) is 1. The molecule has 0 saturated heterocycles. The van der Waals surface area contributed by atoms with Crippen molar-refractivity contribution in [1.82, 2.24) is 15.5 Å². The lowest BCUT2D eigenvalue weighted by Gasteiger charge is -2.03. The highest BCUT2D eigenvalue weighted by Gasteiger charge is 2.12. The Morgan fingerprint density at radius 1 is 1.40 bits per heavy atom. The van der Waals surface area contributed by atoms with E-state index in [0.717, 1.165) is 5.56 Å². The van der Waals surface area contributed by atoms with Crippen LogP contribution in [0.15, 0.2) is 28.8 Å². The number of benzene rings is 1. The van der Waals surface area contributed by atoms with Crippen LogP contribution in [0.4, 0.5) is 0 Å². The predicted octanol–water partition coefficient (Wildman–Crippen LogP) is 1.81. The summed E-state index contributed by atoms with van der Waals surface area (Å²) in [5.74, 6) is 1.73. The van der Waals surface area contributed by atoms with E-state index in [1.54, 1.807) is 14.2 Å². The lowest BCUT2D eigenvalue weighted by molar-refractivity contribution is -0.120. The van der Waals surface area contributed by atoms with Gasteiger partial charge in [-0.2, -0.15) is 4.98 Å². The molecular formula is C14H17N3O3. The average Bonchev–Trinajstić information content (AvgIpc) is 2.95. The highest BCUT2D eigenvalue weighted by Crippen LogP contribution is 2.27. The van der Waals surface area contributed by atoms with Crippen LogP contribution in [0.5, 0.6) is 5.75 Å². The number of hydrogen-bond acceptors (Lipinski definition) is 5. The Kier molecular flexibility index (Phi) is 4.70. The van der Waals surface area contributed by atoms with Crippen molar-refractivity contribution < 1.29 is 14.1 Å². The Balaban J connectivity index is 2.03. The molecule has 0 fully saturated rings. The van der Waals surface area contributed by atoms with Crippen molar-refractivity contribution in [2.75, 3.05) is 14.2 Å². The highest BCUT2D eigenvalue weighted by molar-refractivity contribution is 5.75. The molecule has 0 aliphatic rings. The highest BCUT2D eigenvalue weighted by atomic mass is 16.5. The third kappa shape index (κ3) is 3.34. The molecule has 6 heteroatoms. The molecule has 1 heterocycles. The summed E-state index contributed by atoms with van der Waals surface area (Å²) in [5, 5.41) is 6.52. The summed E-state index contributed by atoms with van der Waals surface area (Å²) in [7, 11) is 3.22. The van der Waals surface area contributed by atoms with Gasteiger partial charge >= 0.3 is 0 Å². The first-order valence-corrected chi connectivity index (χ1v) is 6.41. The number of para-hydroxylation sites is 1. The first-order chi connectivity index (χ1) is 9.74. The first kappa shape index (κ1) is 14.0. The Bertz CT molecular complexity index is 581. The number of hydrogen-bond donors (Lipinski definition) is 1. The Morgan fingerprint density at radius 2 is 2.20 bits per heavy atom. The number of amides is 1. The minimum absolute atomic E-state index is 0.00877. The van der Waals surface area contributed by atoms with Crippen molar-refractivity contribution in [3.05, 3.63) is 30.2 Å². The maximum absolute atomic E-state index is 11.1. The molecule has 0 spiro atoms. The Morgan fingerprint density at radius 3 is 2.95 bits per heavy atom. The van der Waals surface area contributed by atoms with Gasteiger partial charge in [0.2, 0.25) is 17.6 Å². The molecule has 20 heavy (non-hydrogen) atoms. The van der Waals surface area contributed by atoms with Crippen LogP contribution in [0.1, 0.15) is 18.7 Å². The van der Waals surface area contributed by atoms with Gasteiger partial charge in [0, 0.05) is 19.9 Å². The van der Waals surface area contributed by atoms with E-state index in [1.807, 2.05) is 24.3 Å². The maximum Gasteiger partial charge on any atom is 0.226 e.